The first kappa shape index (κ1) is 11.4. The lowest BCUT2D eigenvalue weighted by atomic mass is 10.1. The van der Waals surface area contributed by atoms with Gasteiger partial charge in [-0.1, -0.05) is 6.07 Å². The van der Waals surface area contributed by atoms with Gasteiger partial charge in [0.05, 0.1) is 5.52 Å². The van der Waals surface area contributed by atoms with Gasteiger partial charge >= 0.3 is 5.76 Å². The molecular formula is C11H13N3O3. The van der Waals surface area contributed by atoms with E-state index in [2.05, 4.69) is 4.98 Å². The van der Waals surface area contributed by atoms with Crippen LogP contribution in [0.1, 0.15) is 12.0 Å². The van der Waals surface area contributed by atoms with Gasteiger partial charge in [-0.25, -0.2) is 10.6 Å². The molecule has 0 saturated heterocycles. The van der Waals surface area contributed by atoms with Crippen molar-refractivity contribution in [3.63, 3.8) is 0 Å². The lowest BCUT2D eigenvalue weighted by molar-refractivity contribution is -0.130. The largest absolute Gasteiger partial charge is 0.417 e. The van der Waals surface area contributed by atoms with Gasteiger partial charge in [0.25, 0.3) is 0 Å². The molecule has 0 radical (unpaired) electrons. The third-order valence-corrected chi connectivity index (χ3v) is 2.50. The summed E-state index contributed by atoms with van der Waals surface area (Å²) >= 11 is 0. The van der Waals surface area contributed by atoms with Crippen LogP contribution in [0.4, 0.5) is 0 Å². The van der Waals surface area contributed by atoms with Crippen molar-refractivity contribution in [2.75, 3.05) is 7.05 Å². The maximum absolute atomic E-state index is 11.3. The number of oxazole rings is 1. The zero-order valence-corrected chi connectivity index (χ0v) is 9.40. The number of hydrogen-bond donors (Lipinski definition) is 2. The third kappa shape index (κ3) is 2.54. The molecule has 0 aliphatic carbocycles. The van der Waals surface area contributed by atoms with Crippen molar-refractivity contribution in [1.29, 1.82) is 0 Å². The van der Waals surface area contributed by atoms with Crippen LogP contribution in [0.25, 0.3) is 11.1 Å². The molecule has 1 aromatic carbocycles. The minimum Gasteiger partial charge on any atom is -0.408 e. The number of carbonyl (C=O) groups is 1. The highest BCUT2D eigenvalue weighted by molar-refractivity contribution is 5.76. The van der Waals surface area contributed by atoms with Gasteiger partial charge in [-0.3, -0.25) is 14.8 Å². The number of hydrazine groups is 1. The standard InChI is InChI=1S/C11H13N3O3/c1-14(12)10(15)5-3-7-2-4-9-8(6-7)13-11(16)17-9/h2,4,6H,3,5,12H2,1H3,(H,13,16). The highest BCUT2D eigenvalue weighted by atomic mass is 16.4. The Balaban J connectivity index is 2.14. The molecule has 0 aliphatic rings. The summed E-state index contributed by atoms with van der Waals surface area (Å²) in [6, 6.07) is 5.33. The fraction of sp³-hybridized carbons (Fsp3) is 0.273. The monoisotopic (exact) mass is 235 g/mol. The first-order valence-electron chi connectivity index (χ1n) is 5.19. The molecule has 1 heterocycles. The summed E-state index contributed by atoms with van der Waals surface area (Å²) in [5, 5.41) is 1.07. The molecule has 6 nitrogen and oxygen atoms in total. The Hall–Kier alpha value is -2.08. The maximum Gasteiger partial charge on any atom is 0.417 e. The second kappa shape index (κ2) is 4.42. The van der Waals surface area contributed by atoms with E-state index in [0.29, 0.717) is 23.9 Å². The van der Waals surface area contributed by atoms with E-state index in [1.165, 1.54) is 7.05 Å². The normalized spacial score (nSPS) is 10.7. The van der Waals surface area contributed by atoms with Gasteiger partial charge in [-0.15, -0.1) is 0 Å². The van der Waals surface area contributed by atoms with E-state index >= 15 is 0 Å². The number of nitrogens with zero attached hydrogens (tertiary/aromatic N) is 1. The fourth-order valence-corrected chi connectivity index (χ4v) is 1.58. The molecule has 0 bridgehead atoms. The first-order valence-corrected chi connectivity index (χ1v) is 5.19. The van der Waals surface area contributed by atoms with E-state index in [1.807, 2.05) is 6.07 Å². The van der Waals surface area contributed by atoms with Crippen LogP contribution in [-0.2, 0) is 11.2 Å². The highest BCUT2D eigenvalue weighted by Crippen LogP contribution is 2.13. The molecule has 0 fully saturated rings. The number of hydrogen-bond acceptors (Lipinski definition) is 4. The summed E-state index contributed by atoms with van der Waals surface area (Å²) in [6.07, 6.45) is 0.907. The maximum atomic E-state index is 11.3. The summed E-state index contributed by atoms with van der Waals surface area (Å²) in [5.41, 5.74) is 2.10. The Morgan fingerprint density at radius 3 is 3.00 bits per heavy atom. The number of nitrogens with two attached hydrogens (primary N) is 1. The summed E-state index contributed by atoms with van der Waals surface area (Å²) in [7, 11) is 1.51. The molecule has 2 rings (SSSR count). The van der Waals surface area contributed by atoms with Crippen LogP contribution in [0.15, 0.2) is 27.4 Å². The second-order valence-electron chi connectivity index (χ2n) is 3.85. The van der Waals surface area contributed by atoms with Crippen molar-refractivity contribution >= 4 is 17.0 Å². The van der Waals surface area contributed by atoms with E-state index in [1.54, 1.807) is 12.1 Å². The highest BCUT2D eigenvalue weighted by Gasteiger charge is 2.06. The summed E-state index contributed by atoms with van der Waals surface area (Å²) in [4.78, 5) is 24.8. The Labute approximate surface area is 97.0 Å². The molecular weight excluding hydrogens is 222 g/mol. The third-order valence-electron chi connectivity index (χ3n) is 2.50. The first-order chi connectivity index (χ1) is 8.06. The molecule has 90 valence electrons. The number of rotatable bonds is 3. The Morgan fingerprint density at radius 2 is 2.29 bits per heavy atom. The van der Waals surface area contributed by atoms with Crippen molar-refractivity contribution in [3.05, 3.63) is 34.3 Å². The van der Waals surface area contributed by atoms with Gasteiger partial charge in [0.1, 0.15) is 0 Å². The average Bonchev–Trinajstić information content (AvgIpc) is 2.64. The van der Waals surface area contributed by atoms with Crippen LogP contribution < -0.4 is 11.6 Å². The van der Waals surface area contributed by atoms with Crippen molar-refractivity contribution in [3.8, 4) is 0 Å². The van der Waals surface area contributed by atoms with Crippen LogP contribution in [0, 0.1) is 0 Å². The summed E-state index contributed by atoms with van der Waals surface area (Å²) in [5.74, 6) is 4.70. The van der Waals surface area contributed by atoms with Crippen LogP contribution in [0.2, 0.25) is 0 Å². The Morgan fingerprint density at radius 1 is 1.53 bits per heavy atom. The average molecular weight is 235 g/mol. The fourth-order valence-electron chi connectivity index (χ4n) is 1.58. The molecule has 2 aromatic rings. The van der Waals surface area contributed by atoms with Gasteiger partial charge in [0, 0.05) is 13.5 Å². The summed E-state index contributed by atoms with van der Waals surface area (Å²) in [6.45, 7) is 0. The summed E-state index contributed by atoms with van der Waals surface area (Å²) < 4.78 is 4.88. The van der Waals surface area contributed by atoms with Crippen LogP contribution >= 0.6 is 0 Å². The molecule has 0 unspecified atom stereocenters. The van der Waals surface area contributed by atoms with Crippen molar-refractivity contribution in [2.24, 2.45) is 5.84 Å². The van der Waals surface area contributed by atoms with Crippen molar-refractivity contribution in [1.82, 2.24) is 9.99 Å². The van der Waals surface area contributed by atoms with Gasteiger partial charge < -0.3 is 4.42 Å². The molecule has 6 heteroatoms. The van der Waals surface area contributed by atoms with Crippen LogP contribution in [0.3, 0.4) is 0 Å². The van der Waals surface area contributed by atoms with Gasteiger partial charge in [-0.05, 0) is 24.1 Å². The zero-order chi connectivity index (χ0) is 12.4. The molecule has 17 heavy (non-hydrogen) atoms. The number of nitrogens with one attached hydrogen (secondary N) is 1. The Bertz CT molecular complexity index is 597. The zero-order valence-electron chi connectivity index (χ0n) is 9.40. The molecule has 3 N–H and O–H groups in total. The van der Waals surface area contributed by atoms with E-state index in [4.69, 9.17) is 10.3 Å². The molecule has 1 amide bonds. The molecule has 0 spiro atoms. The lowest BCUT2D eigenvalue weighted by Crippen LogP contribution is -2.33. The van der Waals surface area contributed by atoms with Gasteiger partial charge in [-0.2, -0.15) is 0 Å². The predicted molar refractivity (Wildman–Crippen MR) is 62.1 cm³/mol. The van der Waals surface area contributed by atoms with Crippen molar-refractivity contribution < 1.29 is 9.21 Å². The second-order valence-corrected chi connectivity index (χ2v) is 3.85. The van der Waals surface area contributed by atoms with E-state index in [9.17, 15) is 9.59 Å². The van der Waals surface area contributed by atoms with Gasteiger partial charge in [0.15, 0.2) is 5.58 Å². The molecule has 1 aromatic heterocycles. The number of aromatic amines is 1. The quantitative estimate of drug-likeness (QED) is 0.457. The minimum absolute atomic E-state index is 0.134. The molecule has 0 atom stereocenters. The number of aryl methyl sites for hydroxylation is 1. The number of H-pyrrole nitrogens is 1. The number of benzene rings is 1. The van der Waals surface area contributed by atoms with Crippen LogP contribution in [0.5, 0.6) is 0 Å². The van der Waals surface area contributed by atoms with Crippen molar-refractivity contribution in [2.45, 2.75) is 12.8 Å². The topological polar surface area (TPSA) is 92.3 Å². The Kier molecular flexibility index (Phi) is 2.97. The number of carbonyl (C=O) groups excluding carboxylic acids is 1. The van der Waals surface area contributed by atoms with E-state index in [0.717, 1.165) is 10.6 Å². The molecule has 0 aliphatic heterocycles. The minimum atomic E-state index is -0.477. The number of fused-ring (bicyclic) bond motifs is 1. The smallest absolute Gasteiger partial charge is 0.408 e. The SMILES string of the molecule is CN(N)C(=O)CCc1ccc2oc(=O)[nH]c2c1. The molecule has 0 saturated carbocycles. The van der Waals surface area contributed by atoms with Crippen LogP contribution in [-0.4, -0.2) is 22.9 Å². The van der Waals surface area contributed by atoms with E-state index in [-0.39, 0.29) is 5.91 Å². The lowest BCUT2D eigenvalue weighted by Gasteiger charge is -2.09. The van der Waals surface area contributed by atoms with Gasteiger partial charge in [0.2, 0.25) is 5.91 Å². The predicted octanol–water partition coefficient (Wildman–Crippen LogP) is 0.386. The number of amides is 1. The number of aromatic nitrogens is 1. The van der Waals surface area contributed by atoms with E-state index < -0.39 is 5.76 Å².